The van der Waals surface area contributed by atoms with Crippen LogP contribution in [0.3, 0.4) is 0 Å². The minimum atomic E-state index is 0.00301. The van der Waals surface area contributed by atoms with Gasteiger partial charge in [0.25, 0.3) is 5.56 Å². The molecular formula is C15H21N3O. The highest BCUT2D eigenvalue weighted by atomic mass is 16.1. The fraction of sp³-hybridized carbons (Fsp3) is 0.733. The van der Waals surface area contributed by atoms with Crippen LogP contribution < -0.4 is 11.3 Å². The first kappa shape index (κ1) is 11.5. The van der Waals surface area contributed by atoms with Crippen molar-refractivity contribution in [3.63, 3.8) is 0 Å². The van der Waals surface area contributed by atoms with Crippen molar-refractivity contribution >= 4 is 5.95 Å². The monoisotopic (exact) mass is 259 g/mol. The topological polar surface area (TPSA) is 60.9 Å². The second kappa shape index (κ2) is 3.84. The summed E-state index contributed by atoms with van der Waals surface area (Å²) >= 11 is 0. The first-order chi connectivity index (χ1) is 9.13. The normalized spacial score (nSPS) is 39.7. The summed E-state index contributed by atoms with van der Waals surface area (Å²) in [4.78, 5) is 16.1. The van der Waals surface area contributed by atoms with Crippen molar-refractivity contribution in [3.05, 3.63) is 22.6 Å². The molecule has 4 saturated carbocycles. The Bertz CT molecular complexity index is 527. The third kappa shape index (κ3) is 1.80. The molecule has 0 unspecified atom stereocenters. The maximum Gasteiger partial charge on any atom is 0.254 e. The molecule has 4 aliphatic rings. The van der Waals surface area contributed by atoms with Gasteiger partial charge in [0.1, 0.15) is 0 Å². The lowest BCUT2D eigenvalue weighted by atomic mass is 9.49. The molecule has 4 bridgehead atoms. The lowest BCUT2D eigenvalue weighted by molar-refractivity contribution is -0.0621. The quantitative estimate of drug-likeness (QED) is 0.884. The molecule has 0 radical (unpaired) electrons. The molecule has 0 atom stereocenters. The number of hydrogen-bond donors (Lipinski definition) is 1. The van der Waals surface area contributed by atoms with E-state index in [1.54, 1.807) is 4.57 Å². The maximum absolute atomic E-state index is 12.0. The first-order valence-corrected chi connectivity index (χ1v) is 7.45. The number of rotatable bonds is 2. The van der Waals surface area contributed by atoms with E-state index in [0.29, 0.717) is 11.4 Å². The lowest BCUT2D eigenvalue weighted by Gasteiger charge is -2.57. The second-order valence-electron chi connectivity index (χ2n) is 7.14. The van der Waals surface area contributed by atoms with Crippen LogP contribution in [-0.4, -0.2) is 9.55 Å². The molecular weight excluding hydrogens is 238 g/mol. The average molecular weight is 259 g/mol. The van der Waals surface area contributed by atoms with E-state index in [4.69, 9.17) is 5.73 Å². The standard InChI is InChI=1S/C15H21N3O/c16-14-17-2-1-13(19)18(14)9-15-6-10-3-11(7-15)5-12(4-10)8-15/h1-2,10-12H,3-9H2,(H2,16,17). The molecule has 5 rings (SSSR count). The zero-order valence-electron chi connectivity index (χ0n) is 11.2. The Kier molecular flexibility index (Phi) is 2.32. The SMILES string of the molecule is Nc1nccc(=O)n1CC12CC3CC(CC(C3)C1)C2. The predicted molar refractivity (Wildman–Crippen MR) is 73.5 cm³/mol. The van der Waals surface area contributed by atoms with Crippen LogP contribution in [-0.2, 0) is 6.54 Å². The molecule has 1 aromatic heterocycles. The highest BCUT2D eigenvalue weighted by Gasteiger charge is 2.51. The highest BCUT2D eigenvalue weighted by molar-refractivity contribution is 5.17. The Morgan fingerprint density at radius 2 is 1.79 bits per heavy atom. The fourth-order valence-electron chi connectivity index (χ4n) is 5.43. The largest absolute Gasteiger partial charge is 0.369 e. The number of hydrogen-bond acceptors (Lipinski definition) is 3. The van der Waals surface area contributed by atoms with Gasteiger partial charge in [0.2, 0.25) is 5.95 Å². The summed E-state index contributed by atoms with van der Waals surface area (Å²) in [5, 5.41) is 0. The molecule has 0 aliphatic heterocycles. The van der Waals surface area contributed by atoms with Crippen molar-refractivity contribution in [1.82, 2.24) is 9.55 Å². The molecule has 4 fully saturated rings. The highest BCUT2D eigenvalue weighted by Crippen LogP contribution is 2.60. The van der Waals surface area contributed by atoms with Gasteiger partial charge < -0.3 is 5.73 Å². The van der Waals surface area contributed by atoms with Gasteiger partial charge in [-0.3, -0.25) is 9.36 Å². The Hall–Kier alpha value is -1.32. The number of nitrogens with zero attached hydrogens (tertiary/aromatic N) is 2. The van der Waals surface area contributed by atoms with Crippen LogP contribution >= 0.6 is 0 Å². The summed E-state index contributed by atoms with van der Waals surface area (Å²) in [6.07, 6.45) is 9.66. The lowest BCUT2D eigenvalue weighted by Crippen LogP contribution is -2.49. The third-order valence-corrected chi connectivity index (χ3v) is 5.63. The van der Waals surface area contributed by atoms with Crippen molar-refractivity contribution in [2.45, 2.75) is 45.1 Å². The molecule has 0 spiro atoms. The van der Waals surface area contributed by atoms with E-state index in [2.05, 4.69) is 4.98 Å². The molecule has 0 aromatic carbocycles. The molecule has 1 aromatic rings. The molecule has 4 nitrogen and oxygen atoms in total. The Morgan fingerprint density at radius 1 is 1.21 bits per heavy atom. The Labute approximate surface area is 113 Å². The zero-order valence-corrected chi connectivity index (χ0v) is 11.2. The van der Waals surface area contributed by atoms with Crippen LogP contribution in [0.15, 0.2) is 17.1 Å². The molecule has 1 heterocycles. The van der Waals surface area contributed by atoms with Gasteiger partial charge in [0, 0.05) is 18.8 Å². The number of aromatic nitrogens is 2. The minimum absolute atomic E-state index is 0.00301. The van der Waals surface area contributed by atoms with Gasteiger partial charge in [-0.25, -0.2) is 4.98 Å². The van der Waals surface area contributed by atoms with Crippen LogP contribution in [0.5, 0.6) is 0 Å². The van der Waals surface area contributed by atoms with Crippen LogP contribution in [0.25, 0.3) is 0 Å². The Morgan fingerprint density at radius 3 is 2.32 bits per heavy atom. The van der Waals surface area contributed by atoms with Crippen LogP contribution in [0.2, 0.25) is 0 Å². The summed E-state index contributed by atoms with van der Waals surface area (Å²) < 4.78 is 1.70. The van der Waals surface area contributed by atoms with Gasteiger partial charge in [-0.1, -0.05) is 0 Å². The predicted octanol–water partition coefficient (Wildman–Crippen LogP) is 2.04. The van der Waals surface area contributed by atoms with Crippen LogP contribution in [0.1, 0.15) is 38.5 Å². The van der Waals surface area contributed by atoms with Crippen molar-refractivity contribution in [2.24, 2.45) is 23.2 Å². The van der Waals surface area contributed by atoms with E-state index in [1.165, 1.54) is 50.8 Å². The van der Waals surface area contributed by atoms with Gasteiger partial charge in [0.15, 0.2) is 0 Å². The first-order valence-electron chi connectivity index (χ1n) is 7.45. The Balaban J connectivity index is 1.68. The number of nitrogen functional groups attached to an aromatic ring is 1. The number of anilines is 1. The van der Waals surface area contributed by atoms with Crippen molar-refractivity contribution in [2.75, 3.05) is 5.73 Å². The molecule has 4 heteroatoms. The van der Waals surface area contributed by atoms with E-state index in [9.17, 15) is 4.79 Å². The van der Waals surface area contributed by atoms with Gasteiger partial charge in [-0.05, 0) is 61.7 Å². The van der Waals surface area contributed by atoms with Gasteiger partial charge in [-0.15, -0.1) is 0 Å². The second-order valence-corrected chi connectivity index (χ2v) is 7.14. The van der Waals surface area contributed by atoms with E-state index in [-0.39, 0.29) is 5.56 Å². The van der Waals surface area contributed by atoms with E-state index >= 15 is 0 Å². The molecule has 102 valence electrons. The summed E-state index contributed by atoms with van der Waals surface area (Å²) in [7, 11) is 0. The average Bonchev–Trinajstić information content (AvgIpc) is 2.32. The molecule has 0 amide bonds. The summed E-state index contributed by atoms with van der Waals surface area (Å²) in [6, 6.07) is 1.52. The smallest absolute Gasteiger partial charge is 0.254 e. The van der Waals surface area contributed by atoms with Crippen molar-refractivity contribution in [1.29, 1.82) is 0 Å². The van der Waals surface area contributed by atoms with Crippen molar-refractivity contribution in [3.8, 4) is 0 Å². The molecule has 4 aliphatic carbocycles. The third-order valence-electron chi connectivity index (χ3n) is 5.63. The van der Waals surface area contributed by atoms with Gasteiger partial charge in [-0.2, -0.15) is 0 Å². The molecule has 0 saturated heterocycles. The zero-order chi connectivity index (χ0) is 13.0. The maximum atomic E-state index is 12.0. The molecule has 19 heavy (non-hydrogen) atoms. The molecule has 2 N–H and O–H groups in total. The summed E-state index contributed by atoms with van der Waals surface area (Å²) in [5.41, 5.74) is 6.23. The van der Waals surface area contributed by atoms with E-state index < -0.39 is 0 Å². The van der Waals surface area contributed by atoms with E-state index in [0.717, 1.165) is 24.3 Å². The minimum Gasteiger partial charge on any atom is -0.369 e. The van der Waals surface area contributed by atoms with E-state index in [1.807, 2.05) is 0 Å². The van der Waals surface area contributed by atoms with Crippen LogP contribution in [0, 0.1) is 23.2 Å². The van der Waals surface area contributed by atoms with Crippen LogP contribution in [0.4, 0.5) is 5.95 Å². The number of nitrogens with two attached hydrogens (primary N) is 1. The summed E-state index contributed by atoms with van der Waals surface area (Å²) in [6.45, 7) is 0.787. The fourth-order valence-corrected chi connectivity index (χ4v) is 5.43. The van der Waals surface area contributed by atoms with Gasteiger partial charge >= 0.3 is 0 Å². The van der Waals surface area contributed by atoms with Crippen molar-refractivity contribution < 1.29 is 0 Å². The summed E-state index contributed by atoms with van der Waals surface area (Å²) in [5.74, 6) is 3.09. The van der Waals surface area contributed by atoms with Gasteiger partial charge in [0.05, 0.1) is 0 Å².